The van der Waals surface area contributed by atoms with Crippen LogP contribution >= 0.6 is 0 Å². The number of rotatable bonds is 9. The van der Waals surface area contributed by atoms with E-state index in [0.29, 0.717) is 34.4 Å². The van der Waals surface area contributed by atoms with Crippen molar-refractivity contribution in [2.75, 3.05) is 6.61 Å². The molecule has 0 saturated carbocycles. The third-order valence-electron chi connectivity index (χ3n) is 5.98. The largest absolute Gasteiger partial charge is 0.490 e. The molecule has 0 spiro atoms. The van der Waals surface area contributed by atoms with Crippen LogP contribution < -0.4 is 10.1 Å². The lowest BCUT2D eigenvalue weighted by molar-refractivity contribution is -0.136. The molecule has 4 aromatic rings. The van der Waals surface area contributed by atoms with E-state index >= 15 is 0 Å². The van der Waals surface area contributed by atoms with Gasteiger partial charge < -0.3 is 25.3 Å². The van der Waals surface area contributed by atoms with Crippen LogP contribution in [0.4, 0.5) is 0 Å². The van der Waals surface area contributed by atoms with Crippen LogP contribution in [0.25, 0.3) is 10.9 Å². The van der Waals surface area contributed by atoms with Gasteiger partial charge in [0.25, 0.3) is 5.91 Å². The number of carboxylic acid groups (broad SMARTS) is 1. The molecule has 7 nitrogen and oxygen atoms in total. The van der Waals surface area contributed by atoms with E-state index in [1.54, 1.807) is 42.5 Å². The molecule has 0 bridgehead atoms. The average Bonchev–Trinajstić information content (AvgIpc) is 3.30. The zero-order valence-corrected chi connectivity index (χ0v) is 21.3. The van der Waals surface area contributed by atoms with E-state index in [9.17, 15) is 19.8 Å². The van der Waals surface area contributed by atoms with Crippen molar-refractivity contribution in [1.29, 1.82) is 0 Å². The summed E-state index contributed by atoms with van der Waals surface area (Å²) in [5, 5.41) is 23.2. The molecule has 0 aliphatic carbocycles. The first-order chi connectivity index (χ1) is 18.3. The molecule has 1 atom stereocenters. The standard InChI is InChI=1S/C31H30N2O5/c1-20(2)38-29-14-12-21(11-13-22-7-3-4-8-23(22)17-30(35)36)15-27(29)31(37)33-25(19-34)16-24-18-32-28-10-6-5-9-26(24)28/h3-10,12,14-15,18,20,25,32,34H,16-17,19H2,1-2H3,(H,33,37)(H,35,36)/t25-/m1/s1. The number of carbonyl (C=O) groups is 2. The monoisotopic (exact) mass is 510 g/mol. The molecule has 0 saturated heterocycles. The van der Waals surface area contributed by atoms with Crippen LogP contribution in [0, 0.1) is 11.8 Å². The third kappa shape index (κ3) is 6.61. The van der Waals surface area contributed by atoms with Crippen LogP contribution in [0.2, 0.25) is 0 Å². The average molecular weight is 511 g/mol. The van der Waals surface area contributed by atoms with E-state index in [1.807, 2.05) is 44.3 Å². The maximum absolute atomic E-state index is 13.4. The van der Waals surface area contributed by atoms with Crippen LogP contribution in [0.15, 0.2) is 72.9 Å². The number of aromatic nitrogens is 1. The van der Waals surface area contributed by atoms with Gasteiger partial charge in [0.15, 0.2) is 0 Å². The third-order valence-corrected chi connectivity index (χ3v) is 5.98. The number of hydrogen-bond donors (Lipinski definition) is 4. The molecule has 0 radical (unpaired) electrons. The number of aliphatic hydroxyl groups excluding tert-OH is 1. The molecule has 1 aromatic heterocycles. The maximum Gasteiger partial charge on any atom is 0.307 e. The number of carbonyl (C=O) groups excluding carboxylic acids is 1. The predicted molar refractivity (Wildman–Crippen MR) is 146 cm³/mol. The summed E-state index contributed by atoms with van der Waals surface area (Å²) in [7, 11) is 0. The fraction of sp³-hybridized carbons (Fsp3) is 0.226. The fourth-order valence-corrected chi connectivity index (χ4v) is 4.23. The van der Waals surface area contributed by atoms with E-state index in [4.69, 9.17) is 4.74 Å². The number of nitrogens with one attached hydrogen (secondary N) is 2. The summed E-state index contributed by atoms with van der Waals surface area (Å²) in [4.78, 5) is 27.8. The summed E-state index contributed by atoms with van der Waals surface area (Å²) < 4.78 is 5.88. The number of ether oxygens (including phenoxy) is 1. The zero-order chi connectivity index (χ0) is 27.1. The van der Waals surface area contributed by atoms with Gasteiger partial charge in [-0.1, -0.05) is 48.2 Å². The van der Waals surface area contributed by atoms with Gasteiger partial charge in [0.2, 0.25) is 0 Å². The molecule has 1 heterocycles. The fourth-order valence-electron chi connectivity index (χ4n) is 4.23. The van der Waals surface area contributed by atoms with Crippen molar-refractivity contribution in [2.45, 2.75) is 38.8 Å². The normalized spacial score (nSPS) is 11.6. The Labute approximate surface area is 221 Å². The Hall–Kier alpha value is -4.54. The number of amides is 1. The Morgan fingerprint density at radius 2 is 1.76 bits per heavy atom. The number of aliphatic hydroxyl groups is 1. The Bertz CT molecular complexity index is 1510. The van der Waals surface area contributed by atoms with Gasteiger partial charge in [0.1, 0.15) is 5.75 Å². The molecule has 0 aliphatic rings. The molecule has 194 valence electrons. The minimum Gasteiger partial charge on any atom is -0.490 e. The molecule has 4 rings (SSSR count). The number of para-hydroxylation sites is 1. The number of fused-ring (bicyclic) bond motifs is 1. The first-order valence-corrected chi connectivity index (χ1v) is 12.4. The summed E-state index contributed by atoms with van der Waals surface area (Å²) in [6, 6.07) is 19.6. The van der Waals surface area contributed by atoms with E-state index < -0.39 is 12.0 Å². The van der Waals surface area contributed by atoms with Crippen LogP contribution in [0.5, 0.6) is 5.75 Å². The molecule has 4 N–H and O–H groups in total. The first kappa shape index (κ1) is 26.5. The first-order valence-electron chi connectivity index (χ1n) is 12.4. The zero-order valence-electron chi connectivity index (χ0n) is 21.3. The molecule has 0 aliphatic heterocycles. The number of benzene rings is 3. The molecule has 0 fully saturated rings. The Balaban J connectivity index is 1.59. The lowest BCUT2D eigenvalue weighted by Gasteiger charge is -2.19. The van der Waals surface area contributed by atoms with E-state index in [1.165, 1.54) is 0 Å². The quantitative estimate of drug-likeness (QED) is 0.251. The Morgan fingerprint density at radius 1 is 1.00 bits per heavy atom. The minimum absolute atomic E-state index is 0.126. The highest BCUT2D eigenvalue weighted by molar-refractivity contribution is 5.97. The second-order valence-electron chi connectivity index (χ2n) is 9.27. The number of hydrogen-bond acceptors (Lipinski definition) is 4. The van der Waals surface area contributed by atoms with Crippen molar-refractivity contribution in [2.24, 2.45) is 0 Å². The predicted octanol–water partition coefficient (Wildman–Crippen LogP) is 4.32. The van der Waals surface area contributed by atoms with Gasteiger partial charge in [0.05, 0.1) is 30.7 Å². The summed E-state index contributed by atoms with van der Waals surface area (Å²) in [6.45, 7) is 3.52. The number of aromatic amines is 1. The van der Waals surface area contributed by atoms with Crippen molar-refractivity contribution < 1.29 is 24.5 Å². The second-order valence-corrected chi connectivity index (χ2v) is 9.27. The van der Waals surface area contributed by atoms with Gasteiger partial charge in [-0.05, 0) is 61.7 Å². The minimum atomic E-state index is -0.931. The summed E-state index contributed by atoms with van der Waals surface area (Å²) >= 11 is 0. The highest BCUT2D eigenvalue weighted by Crippen LogP contribution is 2.23. The molecule has 0 unspecified atom stereocenters. The maximum atomic E-state index is 13.4. The van der Waals surface area contributed by atoms with Crippen molar-refractivity contribution in [3.8, 4) is 17.6 Å². The van der Waals surface area contributed by atoms with Crippen LogP contribution in [-0.2, 0) is 17.6 Å². The van der Waals surface area contributed by atoms with E-state index in [0.717, 1.165) is 16.5 Å². The lowest BCUT2D eigenvalue weighted by atomic mass is 10.0. The van der Waals surface area contributed by atoms with Gasteiger partial charge in [-0.15, -0.1) is 0 Å². The highest BCUT2D eigenvalue weighted by Gasteiger charge is 2.19. The van der Waals surface area contributed by atoms with E-state index in [-0.39, 0.29) is 25.0 Å². The molecule has 7 heteroatoms. The van der Waals surface area contributed by atoms with Crippen molar-refractivity contribution in [1.82, 2.24) is 10.3 Å². The topological polar surface area (TPSA) is 112 Å². The van der Waals surface area contributed by atoms with Crippen LogP contribution in [-0.4, -0.2) is 45.8 Å². The SMILES string of the molecule is CC(C)Oc1ccc(C#Cc2ccccc2CC(=O)O)cc1C(=O)N[C@@H](CO)Cc1c[nH]c2ccccc12. The molecule has 38 heavy (non-hydrogen) atoms. The van der Waals surface area contributed by atoms with Crippen LogP contribution in [0.3, 0.4) is 0 Å². The van der Waals surface area contributed by atoms with Crippen molar-refractivity contribution in [3.63, 3.8) is 0 Å². The number of H-pyrrole nitrogens is 1. The van der Waals surface area contributed by atoms with Gasteiger partial charge >= 0.3 is 5.97 Å². The smallest absolute Gasteiger partial charge is 0.307 e. The van der Waals surface area contributed by atoms with Crippen LogP contribution in [0.1, 0.15) is 46.5 Å². The summed E-state index contributed by atoms with van der Waals surface area (Å²) in [5.41, 5.74) is 4.11. The molecule has 3 aromatic carbocycles. The summed E-state index contributed by atoms with van der Waals surface area (Å²) in [6.07, 6.45) is 2.07. The summed E-state index contributed by atoms with van der Waals surface area (Å²) in [5.74, 6) is 5.18. The lowest BCUT2D eigenvalue weighted by Crippen LogP contribution is -2.39. The molecular formula is C31H30N2O5. The van der Waals surface area contributed by atoms with Gasteiger partial charge in [-0.2, -0.15) is 0 Å². The Kier molecular flexibility index (Phi) is 8.47. The molecule has 1 amide bonds. The highest BCUT2D eigenvalue weighted by atomic mass is 16.5. The van der Waals surface area contributed by atoms with Gasteiger partial charge in [0, 0.05) is 28.2 Å². The van der Waals surface area contributed by atoms with Crippen molar-refractivity contribution in [3.05, 3.63) is 101 Å². The second kappa shape index (κ2) is 12.1. The van der Waals surface area contributed by atoms with Crippen molar-refractivity contribution >= 4 is 22.8 Å². The number of carboxylic acids is 1. The number of aliphatic carboxylic acids is 1. The van der Waals surface area contributed by atoms with Gasteiger partial charge in [-0.3, -0.25) is 9.59 Å². The van der Waals surface area contributed by atoms with Gasteiger partial charge in [-0.25, -0.2) is 0 Å². The molecular weight excluding hydrogens is 480 g/mol. The van der Waals surface area contributed by atoms with E-state index in [2.05, 4.69) is 22.1 Å². The Morgan fingerprint density at radius 3 is 2.53 bits per heavy atom.